The molecule has 0 amide bonds. The first-order valence-electron chi connectivity index (χ1n) is 4.32. The van der Waals surface area contributed by atoms with Crippen molar-refractivity contribution in [2.45, 2.75) is 33.1 Å². The van der Waals surface area contributed by atoms with Crippen molar-refractivity contribution in [3.63, 3.8) is 0 Å². The maximum absolute atomic E-state index is 13.0. The fourth-order valence-corrected chi connectivity index (χ4v) is 1.27. The van der Waals surface area contributed by atoms with E-state index in [0.29, 0.717) is 5.56 Å². The van der Waals surface area contributed by atoms with Gasteiger partial charge in [0.1, 0.15) is 11.6 Å². The molecule has 2 heteroatoms. The maximum atomic E-state index is 13.0. The van der Waals surface area contributed by atoms with E-state index in [4.69, 9.17) is 0 Å². The third kappa shape index (κ3) is 2.00. The zero-order valence-corrected chi connectivity index (χ0v) is 8.48. The molecule has 13 heavy (non-hydrogen) atoms. The highest BCUT2D eigenvalue weighted by atomic mass is 19.1. The highest BCUT2D eigenvalue weighted by Crippen LogP contribution is 2.32. The van der Waals surface area contributed by atoms with Gasteiger partial charge in [-0.2, -0.15) is 0 Å². The first kappa shape index (κ1) is 10.0. The second-order valence-corrected chi connectivity index (χ2v) is 4.37. The van der Waals surface area contributed by atoms with Crippen LogP contribution >= 0.6 is 0 Å². The van der Waals surface area contributed by atoms with Gasteiger partial charge in [-0.1, -0.05) is 20.8 Å². The number of hydrogen-bond donors (Lipinski definition) is 1. The van der Waals surface area contributed by atoms with Gasteiger partial charge in [0.2, 0.25) is 0 Å². The Morgan fingerprint density at radius 3 is 2.23 bits per heavy atom. The quantitative estimate of drug-likeness (QED) is 0.653. The van der Waals surface area contributed by atoms with Crippen molar-refractivity contribution in [1.29, 1.82) is 0 Å². The van der Waals surface area contributed by atoms with E-state index in [1.165, 1.54) is 6.07 Å². The molecule has 0 aliphatic carbocycles. The van der Waals surface area contributed by atoms with Crippen molar-refractivity contribution in [1.82, 2.24) is 0 Å². The number of phenolic OH excluding ortho intramolecular Hbond substituents is 1. The van der Waals surface area contributed by atoms with E-state index < -0.39 is 0 Å². The largest absolute Gasteiger partial charge is 0.508 e. The Labute approximate surface area is 78.2 Å². The van der Waals surface area contributed by atoms with E-state index in [9.17, 15) is 9.50 Å². The molecule has 0 spiro atoms. The first-order chi connectivity index (χ1) is 5.82. The van der Waals surface area contributed by atoms with Crippen LogP contribution in [0.5, 0.6) is 5.75 Å². The molecule has 1 aromatic rings. The minimum absolute atomic E-state index is 0.0376. The van der Waals surface area contributed by atoms with Crippen LogP contribution in [0.2, 0.25) is 0 Å². The Kier molecular flexibility index (Phi) is 2.33. The summed E-state index contributed by atoms with van der Waals surface area (Å²) < 4.78 is 13.0. The average Bonchev–Trinajstić information content (AvgIpc) is 1.94. The highest BCUT2D eigenvalue weighted by molar-refractivity contribution is 5.40. The Hall–Kier alpha value is -1.05. The zero-order valence-electron chi connectivity index (χ0n) is 8.48. The van der Waals surface area contributed by atoms with Crippen LogP contribution in [0.1, 0.15) is 31.9 Å². The third-order valence-electron chi connectivity index (χ3n) is 2.08. The molecule has 1 aromatic carbocycles. The molecule has 0 aromatic heterocycles. The van der Waals surface area contributed by atoms with Crippen molar-refractivity contribution in [3.8, 4) is 5.75 Å². The minimum atomic E-state index is -0.356. The molecule has 1 nitrogen and oxygen atoms in total. The SMILES string of the molecule is Cc1cc(C(C)(C)C)c(O)cc1F. The fraction of sp³-hybridized carbons (Fsp3) is 0.455. The van der Waals surface area contributed by atoms with Crippen molar-refractivity contribution < 1.29 is 9.50 Å². The van der Waals surface area contributed by atoms with Gasteiger partial charge in [0.15, 0.2) is 0 Å². The molecule has 0 saturated heterocycles. The predicted octanol–water partition coefficient (Wildman–Crippen LogP) is 3.14. The van der Waals surface area contributed by atoms with Crippen LogP contribution in [0, 0.1) is 12.7 Å². The number of hydrogen-bond acceptors (Lipinski definition) is 1. The summed E-state index contributed by atoms with van der Waals surface area (Å²) in [6.45, 7) is 7.65. The van der Waals surface area contributed by atoms with Gasteiger partial charge in [-0.3, -0.25) is 0 Å². The molecule has 1 N–H and O–H groups in total. The molecule has 0 radical (unpaired) electrons. The smallest absolute Gasteiger partial charge is 0.129 e. The molecule has 0 fully saturated rings. The van der Waals surface area contributed by atoms with E-state index in [1.54, 1.807) is 13.0 Å². The van der Waals surface area contributed by atoms with Crippen molar-refractivity contribution in [2.75, 3.05) is 0 Å². The van der Waals surface area contributed by atoms with Crippen LogP contribution in [0.25, 0.3) is 0 Å². The van der Waals surface area contributed by atoms with E-state index in [1.807, 2.05) is 20.8 Å². The fourth-order valence-electron chi connectivity index (χ4n) is 1.27. The Balaban J connectivity index is 3.32. The molecule has 0 heterocycles. The number of aromatic hydroxyl groups is 1. The van der Waals surface area contributed by atoms with E-state index in [0.717, 1.165) is 5.56 Å². The molecular formula is C11H15FO. The van der Waals surface area contributed by atoms with E-state index in [2.05, 4.69) is 0 Å². The standard InChI is InChI=1S/C11H15FO/c1-7-5-8(11(2,3)4)10(13)6-9(7)12/h5-6,13H,1-4H3. The minimum Gasteiger partial charge on any atom is -0.508 e. The summed E-state index contributed by atoms with van der Waals surface area (Å²) in [6, 6.07) is 2.88. The summed E-state index contributed by atoms with van der Waals surface area (Å²) >= 11 is 0. The molecule has 0 aliphatic rings. The van der Waals surface area contributed by atoms with Gasteiger partial charge >= 0.3 is 0 Å². The third-order valence-corrected chi connectivity index (χ3v) is 2.08. The summed E-state index contributed by atoms with van der Waals surface area (Å²) in [6.07, 6.45) is 0. The summed E-state index contributed by atoms with van der Waals surface area (Å²) in [5, 5.41) is 9.51. The van der Waals surface area contributed by atoms with E-state index in [-0.39, 0.29) is 17.0 Å². The summed E-state index contributed by atoms with van der Waals surface area (Å²) in [5.74, 6) is -0.318. The van der Waals surface area contributed by atoms with Gasteiger partial charge in [0.05, 0.1) is 0 Å². The van der Waals surface area contributed by atoms with Gasteiger partial charge in [-0.05, 0) is 29.5 Å². The van der Waals surface area contributed by atoms with Crippen LogP contribution in [-0.2, 0) is 5.41 Å². The Morgan fingerprint density at radius 1 is 1.23 bits per heavy atom. The van der Waals surface area contributed by atoms with Crippen LogP contribution in [0.15, 0.2) is 12.1 Å². The van der Waals surface area contributed by atoms with Crippen molar-refractivity contribution in [3.05, 3.63) is 29.1 Å². The van der Waals surface area contributed by atoms with Crippen LogP contribution < -0.4 is 0 Å². The normalized spacial score (nSPS) is 11.8. The van der Waals surface area contributed by atoms with Gasteiger partial charge in [0.25, 0.3) is 0 Å². The van der Waals surface area contributed by atoms with E-state index >= 15 is 0 Å². The molecule has 1 rings (SSSR count). The second-order valence-electron chi connectivity index (χ2n) is 4.37. The summed E-state index contributed by atoms with van der Waals surface area (Å²) in [4.78, 5) is 0. The number of benzene rings is 1. The average molecular weight is 182 g/mol. The highest BCUT2D eigenvalue weighted by Gasteiger charge is 2.19. The van der Waals surface area contributed by atoms with Crippen LogP contribution in [-0.4, -0.2) is 5.11 Å². The molecule has 0 saturated carbocycles. The zero-order chi connectivity index (χ0) is 10.2. The van der Waals surface area contributed by atoms with Gasteiger partial charge in [-0.15, -0.1) is 0 Å². The Bertz CT molecular complexity index is 324. The van der Waals surface area contributed by atoms with Crippen LogP contribution in [0.4, 0.5) is 4.39 Å². The summed E-state index contributed by atoms with van der Waals surface area (Å²) in [5.41, 5.74) is 1.21. The van der Waals surface area contributed by atoms with Gasteiger partial charge in [-0.25, -0.2) is 4.39 Å². The first-order valence-corrected chi connectivity index (χ1v) is 4.32. The lowest BCUT2D eigenvalue weighted by molar-refractivity contribution is 0.440. The maximum Gasteiger partial charge on any atom is 0.129 e. The van der Waals surface area contributed by atoms with Gasteiger partial charge in [0, 0.05) is 6.07 Å². The lowest BCUT2D eigenvalue weighted by atomic mass is 9.85. The number of aryl methyl sites for hydroxylation is 1. The number of halogens is 1. The summed E-state index contributed by atoms with van der Waals surface area (Å²) in [7, 11) is 0. The molecule has 0 bridgehead atoms. The molecule has 0 unspecified atom stereocenters. The van der Waals surface area contributed by atoms with Crippen molar-refractivity contribution in [2.24, 2.45) is 0 Å². The molecule has 72 valence electrons. The van der Waals surface area contributed by atoms with Crippen molar-refractivity contribution >= 4 is 0 Å². The molecular weight excluding hydrogens is 167 g/mol. The monoisotopic (exact) mass is 182 g/mol. The van der Waals surface area contributed by atoms with Crippen LogP contribution in [0.3, 0.4) is 0 Å². The number of phenols is 1. The molecule has 0 atom stereocenters. The lowest BCUT2D eigenvalue weighted by Gasteiger charge is -2.20. The topological polar surface area (TPSA) is 20.2 Å². The number of rotatable bonds is 0. The van der Waals surface area contributed by atoms with Gasteiger partial charge < -0.3 is 5.11 Å². The second kappa shape index (κ2) is 3.02. The molecule has 0 aliphatic heterocycles. The lowest BCUT2D eigenvalue weighted by Crippen LogP contribution is -2.11. The Morgan fingerprint density at radius 2 is 1.77 bits per heavy atom. The predicted molar refractivity (Wildman–Crippen MR) is 51.5 cm³/mol.